The van der Waals surface area contributed by atoms with E-state index in [1.165, 1.54) is 14.7 Å². The van der Waals surface area contributed by atoms with Gasteiger partial charge in [0.2, 0.25) is 0 Å². The van der Waals surface area contributed by atoms with Gasteiger partial charge >= 0.3 is 0 Å². The topological polar surface area (TPSA) is 34.1 Å². The first kappa shape index (κ1) is 32.3. The molecule has 9 aromatic rings. The highest BCUT2D eigenvalue weighted by molar-refractivity contribution is 7.99. The Morgan fingerprint density at radius 1 is 0.353 bits per heavy atom. The van der Waals surface area contributed by atoms with Gasteiger partial charge in [0.1, 0.15) is 0 Å². The molecule has 0 saturated carbocycles. The first-order valence-corrected chi connectivity index (χ1v) is 20.8. The van der Waals surface area contributed by atoms with Crippen molar-refractivity contribution in [1.29, 1.82) is 0 Å². The predicted molar refractivity (Wildman–Crippen MR) is 221 cm³/mol. The highest BCUT2D eigenvalue weighted by Crippen LogP contribution is 2.38. The van der Waals surface area contributed by atoms with E-state index in [0.717, 1.165) is 59.9 Å². The molecule has 0 fully saturated rings. The van der Waals surface area contributed by atoms with Gasteiger partial charge in [0, 0.05) is 59.9 Å². The summed E-state index contributed by atoms with van der Waals surface area (Å²) in [5.41, 5.74) is 0.188. The third kappa shape index (κ3) is 6.41. The molecule has 244 valence electrons. The summed E-state index contributed by atoms with van der Waals surface area (Å²) in [6, 6.07) is 56.5. The molecule has 0 aliphatic carbocycles. The largest absolute Gasteiger partial charge is 0.289 e. The van der Waals surface area contributed by atoms with E-state index in [-0.39, 0.29) is 21.8 Å². The van der Waals surface area contributed by atoms with Crippen LogP contribution in [0.5, 0.6) is 0 Å². The van der Waals surface area contributed by atoms with Crippen molar-refractivity contribution >= 4 is 97.4 Å². The molecule has 0 unspecified atom stereocenters. The maximum Gasteiger partial charge on any atom is 0.195 e. The Bertz CT molecular complexity index is 2670. The quantitative estimate of drug-likeness (QED) is 0.120. The zero-order chi connectivity index (χ0) is 34.3. The number of fused-ring (bicyclic) bond motifs is 4. The molecular formula is C44H27O2S5+. The Kier molecular flexibility index (Phi) is 8.75. The maximum atomic E-state index is 13.3. The lowest BCUT2D eigenvalue weighted by Crippen LogP contribution is -2.04. The van der Waals surface area contributed by atoms with Crippen molar-refractivity contribution in [2.75, 3.05) is 0 Å². The molecule has 0 aliphatic rings. The summed E-state index contributed by atoms with van der Waals surface area (Å²) in [6.45, 7) is 0. The minimum atomic E-state index is -0.293. The van der Waals surface area contributed by atoms with Gasteiger partial charge < -0.3 is 0 Å². The molecule has 9 rings (SSSR count). The molecule has 0 aliphatic heterocycles. The summed E-state index contributed by atoms with van der Waals surface area (Å²) in [4.78, 5) is 34.7. The van der Waals surface area contributed by atoms with Gasteiger partial charge in [0.25, 0.3) is 0 Å². The summed E-state index contributed by atoms with van der Waals surface area (Å²) in [5.74, 6) is 0. The fourth-order valence-corrected chi connectivity index (χ4v) is 12.1. The minimum Gasteiger partial charge on any atom is -0.289 e. The molecule has 0 atom stereocenters. The van der Waals surface area contributed by atoms with Crippen molar-refractivity contribution in [3.05, 3.63) is 184 Å². The van der Waals surface area contributed by atoms with Gasteiger partial charge in [0.05, 0.1) is 10.9 Å². The zero-order valence-corrected chi connectivity index (χ0v) is 31.0. The normalized spacial score (nSPS) is 11.6. The van der Waals surface area contributed by atoms with Crippen molar-refractivity contribution in [1.82, 2.24) is 0 Å². The monoisotopic (exact) mass is 747 g/mol. The highest BCUT2D eigenvalue weighted by atomic mass is 32.2. The molecule has 2 heterocycles. The highest BCUT2D eigenvalue weighted by Gasteiger charge is 2.28. The van der Waals surface area contributed by atoms with Gasteiger partial charge in [-0.2, -0.15) is 0 Å². The third-order valence-electron chi connectivity index (χ3n) is 8.66. The van der Waals surface area contributed by atoms with Crippen molar-refractivity contribution in [3.8, 4) is 0 Å². The molecule has 0 bridgehead atoms. The van der Waals surface area contributed by atoms with Gasteiger partial charge in [-0.25, -0.2) is 0 Å². The molecule has 0 N–H and O–H groups in total. The van der Waals surface area contributed by atoms with Crippen LogP contribution < -0.4 is 10.9 Å². The summed E-state index contributed by atoms with van der Waals surface area (Å²) in [5, 5.41) is 3.11. The summed E-state index contributed by atoms with van der Waals surface area (Å²) in [6.07, 6.45) is 0. The number of rotatable bonds is 7. The van der Waals surface area contributed by atoms with Crippen molar-refractivity contribution in [2.45, 2.75) is 34.3 Å². The Hall–Kier alpha value is -4.63. The number of benzene rings is 7. The van der Waals surface area contributed by atoms with E-state index < -0.39 is 0 Å². The average Bonchev–Trinajstić information content (AvgIpc) is 3.17. The van der Waals surface area contributed by atoms with Crippen LogP contribution in [-0.2, 0) is 10.9 Å². The van der Waals surface area contributed by atoms with Crippen LogP contribution in [0.4, 0.5) is 0 Å². The Labute approximate surface area is 313 Å². The van der Waals surface area contributed by atoms with Crippen LogP contribution in [0, 0.1) is 0 Å². The lowest BCUT2D eigenvalue weighted by atomic mass is 10.2. The lowest BCUT2D eigenvalue weighted by molar-refractivity contribution is 1.27. The Morgan fingerprint density at radius 2 is 0.725 bits per heavy atom. The molecule has 2 nitrogen and oxygen atoms in total. The van der Waals surface area contributed by atoms with E-state index in [2.05, 4.69) is 103 Å². The van der Waals surface area contributed by atoms with Crippen molar-refractivity contribution in [3.63, 3.8) is 0 Å². The van der Waals surface area contributed by atoms with E-state index in [1.54, 1.807) is 46.2 Å². The first-order chi connectivity index (χ1) is 25.1. The lowest BCUT2D eigenvalue weighted by Gasteiger charge is -2.10. The second-order valence-electron chi connectivity index (χ2n) is 11.9. The predicted octanol–water partition coefficient (Wildman–Crippen LogP) is 12.5. The molecule has 7 aromatic carbocycles. The maximum absolute atomic E-state index is 13.3. The van der Waals surface area contributed by atoms with Crippen LogP contribution in [0.25, 0.3) is 40.3 Å². The molecular weight excluding hydrogens is 721 g/mol. The SMILES string of the molecule is O=c1c2ccccc2sc2ccc(Sc3ccc([S+](c4ccccc4)c4ccc(Sc5ccc6sc7ccccc7c(=O)c6c5)cc4)cc3)cc12. The van der Waals surface area contributed by atoms with Crippen LogP contribution in [0.15, 0.2) is 208 Å². The van der Waals surface area contributed by atoms with Crippen LogP contribution in [0.1, 0.15) is 0 Å². The molecule has 2 aromatic heterocycles. The van der Waals surface area contributed by atoms with Gasteiger partial charge in [-0.3, -0.25) is 9.59 Å². The number of hydrogen-bond donors (Lipinski definition) is 0. The van der Waals surface area contributed by atoms with Crippen LogP contribution in [0.3, 0.4) is 0 Å². The summed E-state index contributed by atoms with van der Waals surface area (Å²) in [7, 11) is -0.293. The number of hydrogen-bond acceptors (Lipinski definition) is 6. The third-order valence-corrected chi connectivity index (χ3v) is 15.2. The molecule has 51 heavy (non-hydrogen) atoms. The van der Waals surface area contributed by atoms with Crippen LogP contribution >= 0.6 is 46.2 Å². The summed E-state index contributed by atoms with van der Waals surface area (Å²) >= 11 is 6.69. The second-order valence-corrected chi connectivity index (χ2v) is 18.4. The van der Waals surface area contributed by atoms with Gasteiger partial charge in [0.15, 0.2) is 25.5 Å². The second kappa shape index (κ2) is 13.8. The van der Waals surface area contributed by atoms with E-state index in [9.17, 15) is 9.59 Å². The smallest absolute Gasteiger partial charge is 0.195 e. The van der Waals surface area contributed by atoms with Crippen molar-refractivity contribution in [2.24, 2.45) is 0 Å². The van der Waals surface area contributed by atoms with Crippen LogP contribution in [-0.4, -0.2) is 0 Å². The molecule has 0 spiro atoms. The van der Waals surface area contributed by atoms with Gasteiger partial charge in [-0.05, 0) is 121 Å². The molecule has 0 saturated heterocycles. The van der Waals surface area contributed by atoms with Crippen LogP contribution in [0.2, 0.25) is 0 Å². The standard InChI is InChI=1S/C44H27O2S5/c45-43-35-10-4-6-12-39(35)49-41-24-18-30(26-37(41)43)47-28-14-20-33(21-15-28)51(32-8-2-1-3-9-32)34-22-16-29(17-23-34)48-31-19-25-42-38(27-31)44(46)36-11-5-7-13-40(36)50-42/h1-27H/q+1. The summed E-state index contributed by atoms with van der Waals surface area (Å²) < 4.78 is 4.06. The van der Waals surface area contributed by atoms with Gasteiger partial charge in [-0.1, -0.05) is 66.0 Å². The fraction of sp³-hybridized carbons (Fsp3) is 0. The van der Waals surface area contributed by atoms with E-state index in [0.29, 0.717) is 0 Å². The average molecular weight is 748 g/mol. The molecule has 7 heteroatoms. The van der Waals surface area contributed by atoms with E-state index >= 15 is 0 Å². The minimum absolute atomic E-state index is 0.0940. The fourth-order valence-electron chi connectivity index (χ4n) is 6.22. The zero-order valence-electron chi connectivity index (χ0n) is 26.9. The van der Waals surface area contributed by atoms with E-state index in [1.807, 2.05) is 60.7 Å². The molecule has 0 amide bonds. The molecule has 0 radical (unpaired) electrons. The Morgan fingerprint density at radius 3 is 1.20 bits per heavy atom. The van der Waals surface area contributed by atoms with Gasteiger partial charge in [-0.15, -0.1) is 22.7 Å². The van der Waals surface area contributed by atoms with E-state index in [4.69, 9.17) is 0 Å². The first-order valence-electron chi connectivity index (χ1n) is 16.3. The van der Waals surface area contributed by atoms with Crippen molar-refractivity contribution < 1.29 is 0 Å². The Balaban J connectivity index is 0.981.